The molecule has 0 aliphatic rings. The summed E-state index contributed by atoms with van der Waals surface area (Å²) in [5.74, 6) is 1.15. The highest BCUT2D eigenvalue weighted by molar-refractivity contribution is 9.10. The Labute approximate surface area is 131 Å². The molecule has 0 unspecified atom stereocenters. The second-order valence-electron chi connectivity index (χ2n) is 4.57. The molecule has 1 N–H and O–H groups in total. The summed E-state index contributed by atoms with van der Waals surface area (Å²) >= 11 is 9.38. The van der Waals surface area contributed by atoms with Crippen molar-refractivity contribution in [2.75, 3.05) is 20.6 Å². The number of hydrogen-bond acceptors (Lipinski definition) is 2. The molecule has 0 bridgehead atoms. The molecule has 0 aliphatic carbocycles. The average Bonchev–Trinajstić information content (AvgIpc) is 2.75. The standard InChI is InChI=1S/C13H16BrClN4O/c1-18(2)13(20)16-5-6-19-11-4-3-9(14)7-10(11)17-12(19)8-15/h3-4,7H,5-6,8H2,1-2H3,(H,16,20). The van der Waals surface area contributed by atoms with Crippen molar-refractivity contribution in [1.82, 2.24) is 19.8 Å². The monoisotopic (exact) mass is 358 g/mol. The van der Waals surface area contributed by atoms with E-state index in [9.17, 15) is 4.79 Å². The number of rotatable bonds is 4. The summed E-state index contributed by atoms with van der Waals surface area (Å²) in [6, 6.07) is 5.82. The van der Waals surface area contributed by atoms with Crippen LogP contribution in [0.5, 0.6) is 0 Å². The number of carbonyl (C=O) groups excluding carboxylic acids is 1. The molecule has 2 amide bonds. The molecule has 2 aromatic rings. The van der Waals surface area contributed by atoms with Crippen LogP contribution in [-0.2, 0) is 12.4 Å². The molecular weight excluding hydrogens is 344 g/mol. The molecule has 108 valence electrons. The Balaban J connectivity index is 2.18. The van der Waals surface area contributed by atoms with E-state index < -0.39 is 0 Å². The molecule has 1 heterocycles. The van der Waals surface area contributed by atoms with Crippen LogP contribution in [0.3, 0.4) is 0 Å². The number of aromatic nitrogens is 2. The van der Waals surface area contributed by atoms with Crippen LogP contribution >= 0.6 is 27.5 Å². The van der Waals surface area contributed by atoms with Crippen LogP contribution < -0.4 is 5.32 Å². The van der Waals surface area contributed by atoms with E-state index in [4.69, 9.17) is 11.6 Å². The first-order valence-electron chi connectivity index (χ1n) is 6.18. The fourth-order valence-electron chi connectivity index (χ4n) is 1.94. The van der Waals surface area contributed by atoms with Gasteiger partial charge in [0.25, 0.3) is 0 Å². The Morgan fingerprint density at radius 3 is 2.90 bits per heavy atom. The van der Waals surface area contributed by atoms with Crippen molar-refractivity contribution in [3.8, 4) is 0 Å². The number of nitrogens with zero attached hydrogens (tertiary/aromatic N) is 3. The zero-order valence-corrected chi connectivity index (χ0v) is 13.7. The molecule has 1 aromatic carbocycles. The lowest BCUT2D eigenvalue weighted by Crippen LogP contribution is -2.36. The van der Waals surface area contributed by atoms with Gasteiger partial charge in [-0.3, -0.25) is 0 Å². The SMILES string of the molecule is CN(C)C(=O)NCCn1c(CCl)nc2cc(Br)ccc21. The Morgan fingerprint density at radius 2 is 2.25 bits per heavy atom. The van der Waals surface area contributed by atoms with Gasteiger partial charge in [-0.1, -0.05) is 15.9 Å². The van der Waals surface area contributed by atoms with Gasteiger partial charge in [-0.2, -0.15) is 0 Å². The van der Waals surface area contributed by atoms with E-state index in [1.165, 1.54) is 4.90 Å². The molecule has 2 rings (SSSR count). The maximum Gasteiger partial charge on any atom is 0.316 e. The van der Waals surface area contributed by atoms with E-state index in [1.807, 2.05) is 22.8 Å². The minimum absolute atomic E-state index is 0.107. The summed E-state index contributed by atoms with van der Waals surface area (Å²) in [5.41, 5.74) is 1.91. The predicted octanol–water partition coefficient (Wildman–Crippen LogP) is 2.81. The minimum atomic E-state index is -0.107. The van der Waals surface area contributed by atoms with Crippen LogP contribution in [0.2, 0.25) is 0 Å². The maximum absolute atomic E-state index is 11.5. The Hall–Kier alpha value is -1.27. The second kappa shape index (κ2) is 6.45. The molecule has 0 spiro atoms. The van der Waals surface area contributed by atoms with Crippen molar-refractivity contribution in [2.24, 2.45) is 0 Å². The summed E-state index contributed by atoms with van der Waals surface area (Å²) in [4.78, 5) is 17.5. The Bertz CT molecular complexity index is 626. The van der Waals surface area contributed by atoms with Gasteiger partial charge in [-0.05, 0) is 18.2 Å². The normalized spacial score (nSPS) is 10.8. The maximum atomic E-state index is 11.5. The molecule has 0 radical (unpaired) electrons. The molecule has 7 heteroatoms. The summed E-state index contributed by atoms with van der Waals surface area (Å²) in [7, 11) is 3.42. The van der Waals surface area contributed by atoms with Crippen molar-refractivity contribution in [3.63, 3.8) is 0 Å². The van der Waals surface area contributed by atoms with E-state index in [0.29, 0.717) is 19.0 Å². The number of hydrogen-bond donors (Lipinski definition) is 1. The van der Waals surface area contributed by atoms with E-state index in [2.05, 4.69) is 26.2 Å². The Kier molecular flexibility index (Phi) is 4.88. The third kappa shape index (κ3) is 3.24. The van der Waals surface area contributed by atoms with Crippen LogP contribution in [-0.4, -0.2) is 41.1 Å². The van der Waals surface area contributed by atoms with Gasteiger partial charge in [0.15, 0.2) is 0 Å². The van der Waals surface area contributed by atoms with Gasteiger partial charge in [-0.25, -0.2) is 9.78 Å². The molecule has 0 saturated carbocycles. The number of halogens is 2. The zero-order chi connectivity index (χ0) is 14.7. The van der Waals surface area contributed by atoms with Crippen molar-refractivity contribution < 1.29 is 4.79 Å². The topological polar surface area (TPSA) is 50.2 Å². The zero-order valence-electron chi connectivity index (χ0n) is 11.4. The van der Waals surface area contributed by atoms with Crippen molar-refractivity contribution in [2.45, 2.75) is 12.4 Å². The lowest BCUT2D eigenvalue weighted by Gasteiger charge is -2.13. The van der Waals surface area contributed by atoms with Crippen molar-refractivity contribution in [1.29, 1.82) is 0 Å². The van der Waals surface area contributed by atoms with Crippen LogP contribution in [0.1, 0.15) is 5.82 Å². The number of nitrogens with one attached hydrogen (secondary N) is 1. The third-order valence-electron chi connectivity index (χ3n) is 2.93. The second-order valence-corrected chi connectivity index (χ2v) is 5.76. The Morgan fingerprint density at radius 1 is 1.50 bits per heavy atom. The number of amides is 2. The van der Waals surface area contributed by atoms with E-state index in [1.54, 1.807) is 14.1 Å². The van der Waals surface area contributed by atoms with Gasteiger partial charge in [-0.15, -0.1) is 11.6 Å². The third-order valence-corrected chi connectivity index (χ3v) is 3.66. The molecular formula is C13H16BrClN4O. The highest BCUT2D eigenvalue weighted by atomic mass is 79.9. The number of benzene rings is 1. The molecule has 1 aromatic heterocycles. The highest BCUT2D eigenvalue weighted by Crippen LogP contribution is 2.21. The van der Waals surface area contributed by atoms with Crippen molar-refractivity contribution in [3.05, 3.63) is 28.5 Å². The van der Waals surface area contributed by atoms with E-state index >= 15 is 0 Å². The number of carbonyl (C=O) groups is 1. The quantitative estimate of drug-likeness (QED) is 0.854. The van der Waals surface area contributed by atoms with Crippen LogP contribution in [0.25, 0.3) is 11.0 Å². The first kappa shape index (κ1) is 15.1. The molecule has 0 atom stereocenters. The fourth-order valence-corrected chi connectivity index (χ4v) is 2.49. The van der Waals surface area contributed by atoms with Gasteiger partial charge >= 0.3 is 6.03 Å². The highest BCUT2D eigenvalue weighted by Gasteiger charge is 2.10. The average molecular weight is 360 g/mol. The first-order chi connectivity index (χ1) is 9.52. The van der Waals surface area contributed by atoms with Crippen LogP contribution in [0.15, 0.2) is 22.7 Å². The van der Waals surface area contributed by atoms with Gasteiger partial charge in [0.1, 0.15) is 5.82 Å². The molecule has 5 nitrogen and oxygen atoms in total. The number of alkyl halides is 1. The number of imidazole rings is 1. The number of fused-ring (bicyclic) bond motifs is 1. The lowest BCUT2D eigenvalue weighted by molar-refractivity contribution is 0.217. The first-order valence-corrected chi connectivity index (χ1v) is 7.51. The number of urea groups is 1. The minimum Gasteiger partial charge on any atom is -0.336 e. The summed E-state index contributed by atoms with van der Waals surface area (Å²) in [6.45, 7) is 1.17. The van der Waals surface area contributed by atoms with Gasteiger partial charge in [0, 0.05) is 31.7 Å². The van der Waals surface area contributed by atoms with Gasteiger partial charge in [0.2, 0.25) is 0 Å². The van der Waals surface area contributed by atoms with E-state index in [0.717, 1.165) is 21.3 Å². The predicted molar refractivity (Wildman–Crippen MR) is 84.1 cm³/mol. The largest absolute Gasteiger partial charge is 0.336 e. The summed E-state index contributed by atoms with van der Waals surface area (Å²) in [6.07, 6.45) is 0. The summed E-state index contributed by atoms with van der Waals surface area (Å²) in [5, 5.41) is 2.83. The molecule has 0 saturated heterocycles. The summed E-state index contributed by atoms with van der Waals surface area (Å²) < 4.78 is 3.02. The van der Waals surface area contributed by atoms with Gasteiger partial charge in [0.05, 0.1) is 16.9 Å². The fraction of sp³-hybridized carbons (Fsp3) is 0.385. The molecule has 20 heavy (non-hydrogen) atoms. The van der Waals surface area contributed by atoms with Crippen LogP contribution in [0.4, 0.5) is 4.79 Å². The molecule has 0 aliphatic heterocycles. The van der Waals surface area contributed by atoms with Crippen LogP contribution in [0, 0.1) is 0 Å². The van der Waals surface area contributed by atoms with Crippen molar-refractivity contribution >= 4 is 44.6 Å². The van der Waals surface area contributed by atoms with E-state index in [-0.39, 0.29) is 6.03 Å². The lowest BCUT2D eigenvalue weighted by atomic mass is 10.3. The molecule has 0 fully saturated rings. The van der Waals surface area contributed by atoms with Gasteiger partial charge < -0.3 is 14.8 Å². The smallest absolute Gasteiger partial charge is 0.316 e.